The summed E-state index contributed by atoms with van der Waals surface area (Å²) in [7, 11) is 0. The van der Waals surface area contributed by atoms with Crippen molar-refractivity contribution in [3.05, 3.63) is 59.7 Å². The van der Waals surface area contributed by atoms with Crippen LogP contribution in [0.2, 0.25) is 0 Å². The number of benzene rings is 2. The Labute approximate surface area is 117 Å². The Kier molecular flexibility index (Phi) is 3.29. The first-order valence-electron chi connectivity index (χ1n) is 6.67. The van der Waals surface area contributed by atoms with Crippen LogP contribution in [0.3, 0.4) is 0 Å². The minimum atomic E-state index is -0.215. The van der Waals surface area contributed by atoms with E-state index < -0.39 is 0 Å². The average molecular weight is 268 g/mol. The molecule has 0 radical (unpaired) electrons. The van der Waals surface area contributed by atoms with Crippen molar-refractivity contribution in [2.75, 3.05) is 11.9 Å². The Bertz CT molecular complexity index is 623. The quantitative estimate of drug-likeness (QED) is 0.899. The summed E-state index contributed by atoms with van der Waals surface area (Å²) in [5.74, 6) is 0.775. The first-order chi connectivity index (χ1) is 9.78. The number of anilines is 1. The summed E-state index contributed by atoms with van der Waals surface area (Å²) < 4.78 is 5.42. The number of nitrogens with one attached hydrogen (secondary N) is 2. The molecule has 0 saturated carbocycles. The van der Waals surface area contributed by atoms with Gasteiger partial charge in [-0.15, -0.1) is 0 Å². The van der Waals surface area contributed by atoms with Gasteiger partial charge in [0.15, 0.2) is 0 Å². The molecular weight excluding hydrogens is 252 g/mol. The van der Waals surface area contributed by atoms with E-state index in [1.54, 1.807) is 0 Å². The van der Waals surface area contributed by atoms with Gasteiger partial charge in [0.25, 0.3) is 5.91 Å². The van der Waals surface area contributed by atoms with Gasteiger partial charge in [0.2, 0.25) is 0 Å². The molecule has 0 saturated heterocycles. The molecule has 0 spiro atoms. The molecule has 1 amide bonds. The van der Waals surface area contributed by atoms with Gasteiger partial charge in [-0.1, -0.05) is 24.3 Å². The van der Waals surface area contributed by atoms with Crippen LogP contribution in [0.15, 0.2) is 48.5 Å². The lowest BCUT2D eigenvalue weighted by atomic mass is 10.1. The zero-order chi connectivity index (χ0) is 13.9. The van der Waals surface area contributed by atoms with Crippen LogP contribution in [0.5, 0.6) is 5.75 Å². The summed E-state index contributed by atoms with van der Waals surface area (Å²) >= 11 is 0. The maximum atomic E-state index is 12.1. The largest absolute Gasteiger partial charge is 0.494 e. The highest BCUT2D eigenvalue weighted by Crippen LogP contribution is 2.27. The van der Waals surface area contributed by atoms with Gasteiger partial charge in [-0.3, -0.25) is 4.79 Å². The molecule has 102 valence electrons. The normalized spacial score (nSPS) is 16.9. The van der Waals surface area contributed by atoms with Gasteiger partial charge in [0.05, 0.1) is 12.2 Å². The highest BCUT2D eigenvalue weighted by atomic mass is 16.5. The van der Waals surface area contributed by atoms with E-state index >= 15 is 0 Å². The fraction of sp³-hybridized carbons (Fsp3) is 0.188. The van der Waals surface area contributed by atoms with E-state index in [2.05, 4.69) is 10.6 Å². The molecule has 1 atom stereocenters. The highest BCUT2D eigenvalue weighted by Gasteiger charge is 2.23. The summed E-state index contributed by atoms with van der Waals surface area (Å²) in [4.78, 5) is 12.1. The number of fused-ring (bicyclic) bond motifs is 1. The summed E-state index contributed by atoms with van der Waals surface area (Å²) in [5, 5.41) is 6.27. The fourth-order valence-electron chi connectivity index (χ4n) is 2.30. The van der Waals surface area contributed by atoms with Crippen LogP contribution in [-0.4, -0.2) is 12.5 Å². The molecular formula is C16H16N2O2. The van der Waals surface area contributed by atoms with E-state index in [0.717, 1.165) is 17.0 Å². The maximum absolute atomic E-state index is 12.1. The second-order valence-electron chi connectivity index (χ2n) is 4.60. The van der Waals surface area contributed by atoms with E-state index in [9.17, 15) is 4.79 Å². The van der Waals surface area contributed by atoms with Crippen molar-refractivity contribution in [2.45, 2.75) is 13.1 Å². The Morgan fingerprint density at radius 2 is 1.80 bits per heavy atom. The molecule has 3 rings (SSSR count). The van der Waals surface area contributed by atoms with Crippen LogP contribution in [-0.2, 0) is 0 Å². The van der Waals surface area contributed by atoms with Crippen LogP contribution in [0, 0.1) is 0 Å². The van der Waals surface area contributed by atoms with Crippen molar-refractivity contribution in [2.24, 2.45) is 0 Å². The second-order valence-corrected chi connectivity index (χ2v) is 4.60. The third-order valence-corrected chi connectivity index (χ3v) is 3.27. The lowest BCUT2D eigenvalue weighted by molar-refractivity contribution is 0.0935. The van der Waals surface area contributed by atoms with E-state index in [0.29, 0.717) is 12.2 Å². The number of carbonyl (C=O) groups excluding carboxylic acids is 1. The number of ether oxygens (including phenoxy) is 1. The molecule has 20 heavy (non-hydrogen) atoms. The Balaban J connectivity index is 1.84. The monoisotopic (exact) mass is 268 g/mol. The van der Waals surface area contributed by atoms with Crippen LogP contribution in [0.1, 0.15) is 29.0 Å². The van der Waals surface area contributed by atoms with E-state index in [-0.39, 0.29) is 12.1 Å². The lowest BCUT2D eigenvalue weighted by Gasteiger charge is -2.28. The van der Waals surface area contributed by atoms with Gasteiger partial charge in [0, 0.05) is 5.69 Å². The Morgan fingerprint density at radius 3 is 2.55 bits per heavy atom. The topological polar surface area (TPSA) is 50.4 Å². The lowest BCUT2D eigenvalue weighted by Crippen LogP contribution is -2.38. The van der Waals surface area contributed by atoms with Gasteiger partial charge in [-0.05, 0) is 36.8 Å². The molecule has 1 unspecified atom stereocenters. The van der Waals surface area contributed by atoms with Crippen molar-refractivity contribution < 1.29 is 9.53 Å². The fourth-order valence-corrected chi connectivity index (χ4v) is 2.30. The smallest absolute Gasteiger partial charge is 0.255 e. The zero-order valence-electron chi connectivity index (χ0n) is 11.2. The van der Waals surface area contributed by atoms with Gasteiger partial charge < -0.3 is 15.4 Å². The molecule has 1 aliphatic rings. The molecule has 1 heterocycles. The van der Waals surface area contributed by atoms with Gasteiger partial charge in [-0.25, -0.2) is 0 Å². The van der Waals surface area contributed by atoms with E-state index in [4.69, 9.17) is 4.74 Å². The van der Waals surface area contributed by atoms with Crippen LogP contribution >= 0.6 is 0 Å². The molecule has 0 bridgehead atoms. The molecule has 4 nitrogen and oxygen atoms in total. The molecule has 1 aliphatic heterocycles. The average Bonchev–Trinajstić information content (AvgIpc) is 2.48. The summed E-state index contributed by atoms with van der Waals surface area (Å²) in [5.41, 5.74) is 2.53. The van der Waals surface area contributed by atoms with Crippen molar-refractivity contribution >= 4 is 11.6 Å². The molecule has 0 fully saturated rings. The number of rotatable bonds is 3. The summed E-state index contributed by atoms with van der Waals surface area (Å²) in [6, 6.07) is 15.2. The highest BCUT2D eigenvalue weighted by molar-refractivity contribution is 6.01. The number of amides is 1. The first kappa shape index (κ1) is 12.5. The van der Waals surface area contributed by atoms with Crippen molar-refractivity contribution in [1.29, 1.82) is 0 Å². The van der Waals surface area contributed by atoms with Crippen molar-refractivity contribution in [1.82, 2.24) is 5.32 Å². The van der Waals surface area contributed by atoms with Gasteiger partial charge in [0.1, 0.15) is 11.9 Å². The molecule has 0 aliphatic carbocycles. The Hall–Kier alpha value is -2.49. The predicted molar refractivity (Wildman–Crippen MR) is 77.9 cm³/mol. The van der Waals surface area contributed by atoms with Crippen LogP contribution in [0.25, 0.3) is 0 Å². The van der Waals surface area contributed by atoms with Gasteiger partial charge in [-0.2, -0.15) is 0 Å². The minimum absolute atomic E-state index is 0.0572. The van der Waals surface area contributed by atoms with Crippen LogP contribution < -0.4 is 15.4 Å². The zero-order valence-corrected chi connectivity index (χ0v) is 11.2. The van der Waals surface area contributed by atoms with Gasteiger partial charge >= 0.3 is 0 Å². The second kappa shape index (κ2) is 5.25. The number of carbonyl (C=O) groups is 1. The Morgan fingerprint density at radius 1 is 1.05 bits per heavy atom. The standard InChI is InChI=1S/C16H16N2O2/c1-2-20-12-9-7-11(8-10-12)15-17-14-6-4-3-5-13(14)16(19)18-15/h3-10,15,17H,2H2,1H3,(H,18,19). The third kappa shape index (κ3) is 2.32. The third-order valence-electron chi connectivity index (χ3n) is 3.27. The van der Waals surface area contributed by atoms with Crippen LogP contribution in [0.4, 0.5) is 5.69 Å². The summed E-state index contributed by atoms with van der Waals surface area (Å²) in [6.07, 6.45) is -0.215. The first-order valence-corrected chi connectivity index (χ1v) is 6.67. The minimum Gasteiger partial charge on any atom is -0.494 e. The number of hydrogen-bond acceptors (Lipinski definition) is 3. The molecule has 2 N–H and O–H groups in total. The number of para-hydroxylation sites is 1. The number of hydrogen-bond donors (Lipinski definition) is 2. The van der Waals surface area contributed by atoms with E-state index in [1.807, 2.05) is 55.5 Å². The van der Waals surface area contributed by atoms with Crippen molar-refractivity contribution in [3.8, 4) is 5.75 Å². The summed E-state index contributed by atoms with van der Waals surface area (Å²) in [6.45, 7) is 2.60. The molecule has 4 heteroatoms. The maximum Gasteiger partial charge on any atom is 0.255 e. The molecule has 2 aromatic rings. The van der Waals surface area contributed by atoms with Crippen molar-refractivity contribution in [3.63, 3.8) is 0 Å². The van der Waals surface area contributed by atoms with E-state index in [1.165, 1.54) is 0 Å². The molecule has 2 aromatic carbocycles. The molecule has 0 aromatic heterocycles. The SMILES string of the molecule is CCOc1ccc(C2NC(=O)c3ccccc3N2)cc1. The predicted octanol–water partition coefficient (Wildman–Crippen LogP) is 2.94.